The van der Waals surface area contributed by atoms with Gasteiger partial charge in [0.25, 0.3) is 5.91 Å². The van der Waals surface area contributed by atoms with Gasteiger partial charge < -0.3 is 26.3 Å². The van der Waals surface area contributed by atoms with E-state index >= 15 is 0 Å². The first-order valence-corrected chi connectivity index (χ1v) is 7.36. The smallest absolute Gasteiger partial charge is 0.258 e. The van der Waals surface area contributed by atoms with Crippen LogP contribution in [0.25, 0.3) is 0 Å². The molecule has 23 heavy (non-hydrogen) atoms. The third-order valence-electron chi connectivity index (χ3n) is 3.18. The monoisotopic (exact) mass is 319 g/mol. The van der Waals surface area contributed by atoms with Crippen LogP contribution < -0.4 is 21.5 Å². The Morgan fingerprint density at radius 2 is 2.17 bits per heavy atom. The molecule has 0 aromatic heterocycles. The van der Waals surface area contributed by atoms with Gasteiger partial charge in [-0.3, -0.25) is 4.79 Å². The van der Waals surface area contributed by atoms with Crippen molar-refractivity contribution in [1.29, 1.82) is 0 Å². The van der Waals surface area contributed by atoms with Crippen molar-refractivity contribution in [3.63, 3.8) is 0 Å². The molecule has 8 heteroatoms. The molecule has 1 heterocycles. The van der Waals surface area contributed by atoms with Crippen molar-refractivity contribution in [3.8, 4) is 5.75 Å². The van der Waals surface area contributed by atoms with Gasteiger partial charge in [-0.15, -0.1) is 5.10 Å². The minimum Gasteiger partial charge on any atom is -0.484 e. The Hall–Kier alpha value is -2.61. The number of guanidine groups is 1. The fraction of sp³-hybridized carbons (Fsp3) is 0.400. The third kappa shape index (κ3) is 6.35. The van der Waals surface area contributed by atoms with Crippen LogP contribution in [0.3, 0.4) is 0 Å². The van der Waals surface area contributed by atoms with E-state index in [9.17, 15) is 4.79 Å². The van der Waals surface area contributed by atoms with Crippen LogP contribution in [0.5, 0.6) is 5.75 Å². The zero-order chi connectivity index (χ0) is 16.5. The number of amides is 1. The number of ether oxygens (including phenoxy) is 2. The predicted octanol–water partition coefficient (Wildman–Crippen LogP) is -0.0321. The van der Waals surface area contributed by atoms with E-state index < -0.39 is 0 Å². The molecule has 1 amide bonds. The van der Waals surface area contributed by atoms with E-state index in [1.807, 2.05) is 0 Å². The first kappa shape index (κ1) is 16.8. The molecule has 1 aromatic rings. The maximum atomic E-state index is 11.7. The summed E-state index contributed by atoms with van der Waals surface area (Å²) in [4.78, 5) is 11.7. The molecule has 1 aliphatic rings. The predicted molar refractivity (Wildman–Crippen MR) is 87.3 cm³/mol. The third-order valence-corrected chi connectivity index (χ3v) is 3.18. The molecule has 1 saturated heterocycles. The van der Waals surface area contributed by atoms with Crippen molar-refractivity contribution in [2.75, 3.05) is 19.8 Å². The topological polar surface area (TPSA) is 124 Å². The summed E-state index contributed by atoms with van der Waals surface area (Å²) >= 11 is 0. The average Bonchev–Trinajstić information content (AvgIpc) is 3.05. The maximum Gasteiger partial charge on any atom is 0.258 e. The van der Waals surface area contributed by atoms with E-state index in [-0.39, 0.29) is 24.6 Å². The van der Waals surface area contributed by atoms with Gasteiger partial charge in [0.15, 0.2) is 6.61 Å². The van der Waals surface area contributed by atoms with Gasteiger partial charge >= 0.3 is 0 Å². The summed E-state index contributed by atoms with van der Waals surface area (Å²) in [6.45, 7) is 1.27. The molecule has 5 N–H and O–H groups in total. The Labute approximate surface area is 134 Å². The lowest BCUT2D eigenvalue weighted by Crippen LogP contribution is -2.35. The standard InChI is InChI=1S/C15H21N5O3/c16-15(17)20-19-8-11-3-5-12(6-4-11)23-10-14(21)18-9-13-2-1-7-22-13/h3-6,8,13H,1-2,7,9-10H2,(H,18,21)(H4,16,17,20). The highest BCUT2D eigenvalue weighted by Crippen LogP contribution is 2.12. The Balaban J connectivity index is 1.71. The Morgan fingerprint density at radius 1 is 1.39 bits per heavy atom. The molecule has 1 fully saturated rings. The highest BCUT2D eigenvalue weighted by molar-refractivity contribution is 5.81. The van der Waals surface area contributed by atoms with Crippen LogP contribution in [0.4, 0.5) is 0 Å². The molecule has 1 aromatic carbocycles. The molecule has 1 unspecified atom stereocenters. The van der Waals surface area contributed by atoms with Gasteiger partial charge in [-0.25, -0.2) is 0 Å². The quantitative estimate of drug-likeness (QED) is 0.370. The van der Waals surface area contributed by atoms with Crippen LogP contribution in [0, 0.1) is 0 Å². The van der Waals surface area contributed by atoms with Crippen LogP contribution in [0.1, 0.15) is 18.4 Å². The number of rotatable bonds is 7. The first-order valence-electron chi connectivity index (χ1n) is 7.36. The van der Waals surface area contributed by atoms with E-state index in [2.05, 4.69) is 15.5 Å². The highest BCUT2D eigenvalue weighted by atomic mass is 16.5. The molecule has 0 saturated carbocycles. The first-order chi connectivity index (χ1) is 11.1. The molecule has 0 aliphatic carbocycles. The lowest BCUT2D eigenvalue weighted by Gasteiger charge is -2.11. The van der Waals surface area contributed by atoms with Crippen LogP contribution in [0.2, 0.25) is 0 Å². The molecule has 1 aliphatic heterocycles. The van der Waals surface area contributed by atoms with E-state index in [1.165, 1.54) is 6.21 Å². The SMILES string of the molecule is NC(N)=NN=Cc1ccc(OCC(=O)NCC2CCCO2)cc1. The number of hydrogen-bond acceptors (Lipinski definition) is 5. The molecule has 0 bridgehead atoms. The van der Waals surface area contributed by atoms with Gasteiger partial charge in [0.05, 0.1) is 12.3 Å². The zero-order valence-corrected chi connectivity index (χ0v) is 12.8. The summed E-state index contributed by atoms with van der Waals surface area (Å²) in [5.41, 5.74) is 11.1. The molecule has 2 rings (SSSR count). The summed E-state index contributed by atoms with van der Waals surface area (Å²) in [6.07, 6.45) is 3.68. The molecule has 0 spiro atoms. The fourth-order valence-corrected chi connectivity index (χ4v) is 2.05. The normalized spacial score (nSPS) is 17.1. The number of nitrogens with one attached hydrogen (secondary N) is 1. The summed E-state index contributed by atoms with van der Waals surface area (Å²) in [6, 6.07) is 7.05. The second kappa shape index (κ2) is 8.74. The van der Waals surface area contributed by atoms with Crippen molar-refractivity contribution in [1.82, 2.24) is 5.32 Å². The lowest BCUT2D eigenvalue weighted by molar-refractivity contribution is -0.123. The molecule has 124 valence electrons. The molecular formula is C15H21N5O3. The van der Waals surface area contributed by atoms with Gasteiger partial charge in [-0.2, -0.15) is 5.10 Å². The minimum atomic E-state index is -0.168. The minimum absolute atomic E-state index is 0.0336. The molecular weight excluding hydrogens is 298 g/mol. The highest BCUT2D eigenvalue weighted by Gasteiger charge is 2.16. The largest absolute Gasteiger partial charge is 0.484 e. The number of carbonyl (C=O) groups excluding carboxylic acids is 1. The Kier molecular flexibility index (Phi) is 6.37. The Bertz CT molecular complexity index is 561. The van der Waals surface area contributed by atoms with E-state index in [1.54, 1.807) is 24.3 Å². The molecule has 8 nitrogen and oxygen atoms in total. The summed E-state index contributed by atoms with van der Waals surface area (Å²) < 4.78 is 10.8. The molecule has 1 atom stereocenters. The lowest BCUT2D eigenvalue weighted by atomic mass is 10.2. The van der Waals surface area contributed by atoms with Gasteiger partial charge in [0.2, 0.25) is 5.96 Å². The van der Waals surface area contributed by atoms with Crippen LogP contribution in [0.15, 0.2) is 34.5 Å². The summed E-state index contributed by atoms with van der Waals surface area (Å²) in [5.74, 6) is 0.324. The van der Waals surface area contributed by atoms with Gasteiger partial charge in [0, 0.05) is 13.2 Å². The number of carbonyl (C=O) groups is 1. The Morgan fingerprint density at radius 3 is 2.83 bits per heavy atom. The van der Waals surface area contributed by atoms with Crippen molar-refractivity contribution in [2.24, 2.45) is 21.7 Å². The summed E-state index contributed by atoms with van der Waals surface area (Å²) in [7, 11) is 0. The van der Waals surface area contributed by atoms with E-state index in [4.69, 9.17) is 20.9 Å². The van der Waals surface area contributed by atoms with Crippen molar-refractivity contribution >= 4 is 18.1 Å². The number of hydrogen-bond donors (Lipinski definition) is 3. The average molecular weight is 319 g/mol. The number of nitrogens with two attached hydrogens (primary N) is 2. The second-order valence-corrected chi connectivity index (χ2v) is 5.07. The fourth-order valence-electron chi connectivity index (χ4n) is 2.05. The van der Waals surface area contributed by atoms with Crippen molar-refractivity contribution in [3.05, 3.63) is 29.8 Å². The summed E-state index contributed by atoms with van der Waals surface area (Å²) in [5, 5.41) is 10.0. The maximum absolute atomic E-state index is 11.7. The van der Waals surface area contributed by atoms with Crippen molar-refractivity contribution < 1.29 is 14.3 Å². The van der Waals surface area contributed by atoms with Gasteiger partial charge in [0.1, 0.15) is 5.75 Å². The van der Waals surface area contributed by atoms with Crippen molar-refractivity contribution in [2.45, 2.75) is 18.9 Å². The van der Waals surface area contributed by atoms with E-state index in [0.29, 0.717) is 12.3 Å². The van der Waals surface area contributed by atoms with Gasteiger partial charge in [-0.1, -0.05) is 0 Å². The van der Waals surface area contributed by atoms with E-state index in [0.717, 1.165) is 25.0 Å². The zero-order valence-electron chi connectivity index (χ0n) is 12.8. The number of benzene rings is 1. The van der Waals surface area contributed by atoms with Gasteiger partial charge in [-0.05, 0) is 42.7 Å². The van der Waals surface area contributed by atoms with Crippen LogP contribution in [-0.4, -0.2) is 43.9 Å². The van der Waals surface area contributed by atoms with Crippen LogP contribution >= 0.6 is 0 Å². The molecule has 0 radical (unpaired) electrons. The number of nitrogens with zero attached hydrogens (tertiary/aromatic N) is 2. The van der Waals surface area contributed by atoms with Crippen LogP contribution in [-0.2, 0) is 9.53 Å². The second-order valence-electron chi connectivity index (χ2n) is 5.07.